The summed E-state index contributed by atoms with van der Waals surface area (Å²) in [6.07, 6.45) is 5.25. The number of carbonyl (C=O) groups is 1. The van der Waals surface area contributed by atoms with Crippen molar-refractivity contribution in [3.8, 4) is 11.5 Å². The van der Waals surface area contributed by atoms with Crippen LogP contribution in [0.3, 0.4) is 0 Å². The number of nitrogens with one attached hydrogen (secondary N) is 1. The lowest BCUT2D eigenvalue weighted by atomic mass is 9.86. The Kier molecular flexibility index (Phi) is 10.1. The van der Waals surface area contributed by atoms with E-state index >= 15 is 0 Å². The van der Waals surface area contributed by atoms with E-state index < -0.39 is 12.1 Å². The van der Waals surface area contributed by atoms with Crippen molar-refractivity contribution in [2.75, 3.05) is 5.32 Å². The average Bonchev–Trinajstić information content (AvgIpc) is 2.83. The van der Waals surface area contributed by atoms with E-state index in [0.29, 0.717) is 12.8 Å². The molecule has 0 saturated heterocycles. The number of phenolic OH excluding ortho intramolecular Hbond substituents is 1. The lowest BCUT2D eigenvalue weighted by Gasteiger charge is -2.36. The number of hydrogen-bond donors (Lipinski definition) is 2. The number of halogens is 3. The first-order valence-corrected chi connectivity index (χ1v) is 13.9. The van der Waals surface area contributed by atoms with Gasteiger partial charge in [-0.1, -0.05) is 58.6 Å². The van der Waals surface area contributed by atoms with Crippen molar-refractivity contribution < 1.29 is 27.8 Å². The summed E-state index contributed by atoms with van der Waals surface area (Å²) in [4.78, 5) is 11.1. The number of benzene rings is 2. The fourth-order valence-corrected chi connectivity index (χ4v) is 5.12. The number of carbonyl (C=O) groups excluding carboxylic acids is 1. The van der Waals surface area contributed by atoms with E-state index in [-0.39, 0.29) is 17.0 Å². The molecule has 3 rings (SSSR count). The standard InChI is InChI=1S/C31H42F3NO3/c1-21(2)7-5-8-22(3)9-6-17-30(4)18-16-25-19-27(36)24(20-28(25)38-30)13-10-23-11-14-26(15-12-23)35-29(37)31(32,33)34/h11-12,14-15,19-22,36H,5-10,13,16-18H2,1-4H3,(H,35,37). The molecular formula is C31H42F3NO3. The van der Waals surface area contributed by atoms with Crippen molar-refractivity contribution >= 4 is 11.6 Å². The van der Waals surface area contributed by atoms with Crippen LogP contribution < -0.4 is 10.1 Å². The van der Waals surface area contributed by atoms with Crippen LogP contribution in [0.2, 0.25) is 0 Å². The number of rotatable bonds is 12. The maximum absolute atomic E-state index is 12.4. The number of ether oxygens (including phenoxy) is 1. The number of amides is 1. The van der Waals surface area contributed by atoms with E-state index in [1.807, 2.05) is 11.4 Å². The van der Waals surface area contributed by atoms with Crippen molar-refractivity contribution in [2.24, 2.45) is 11.8 Å². The van der Waals surface area contributed by atoms with Crippen LogP contribution in [0.1, 0.15) is 89.3 Å². The molecule has 0 fully saturated rings. The predicted octanol–water partition coefficient (Wildman–Crippen LogP) is 8.39. The summed E-state index contributed by atoms with van der Waals surface area (Å²) in [5.41, 5.74) is 2.57. The van der Waals surface area contributed by atoms with Gasteiger partial charge in [0.25, 0.3) is 0 Å². The molecule has 0 aliphatic carbocycles. The third-order valence-corrected chi connectivity index (χ3v) is 7.57. The molecular weight excluding hydrogens is 491 g/mol. The molecule has 2 N–H and O–H groups in total. The van der Waals surface area contributed by atoms with Crippen LogP contribution in [0, 0.1) is 11.8 Å². The number of hydrogen-bond acceptors (Lipinski definition) is 3. The number of phenols is 1. The summed E-state index contributed by atoms with van der Waals surface area (Å²) in [5, 5.41) is 12.4. The molecule has 0 radical (unpaired) electrons. The first-order chi connectivity index (χ1) is 17.8. The van der Waals surface area contributed by atoms with Crippen LogP contribution in [0.4, 0.5) is 18.9 Å². The van der Waals surface area contributed by atoms with Crippen LogP contribution in [0.5, 0.6) is 11.5 Å². The van der Waals surface area contributed by atoms with Crippen LogP contribution >= 0.6 is 0 Å². The van der Waals surface area contributed by atoms with Gasteiger partial charge in [-0.3, -0.25) is 4.79 Å². The van der Waals surface area contributed by atoms with Gasteiger partial charge >= 0.3 is 12.1 Å². The number of alkyl halides is 3. The molecule has 2 aromatic carbocycles. The molecule has 2 aromatic rings. The smallest absolute Gasteiger partial charge is 0.471 e. The van der Waals surface area contributed by atoms with E-state index in [9.17, 15) is 23.1 Å². The first-order valence-electron chi connectivity index (χ1n) is 13.9. The number of anilines is 1. The third-order valence-electron chi connectivity index (χ3n) is 7.57. The van der Waals surface area contributed by atoms with Gasteiger partial charge in [0, 0.05) is 5.69 Å². The average molecular weight is 534 g/mol. The van der Waals surface area contributed by atoms with Gasteiger partial charge in [0.05, 0.1) is 0 Å². The zero-order chi connectivity index (χ0) is 27.9. The molecule has 1 aliphatic heterocycles. The molecule has 2 atom stereocenters. The summed E-state index contributed by atoms with van der Waals surface area (Å²) in [5.74, 6) is 0.573. The molecule has 1 heterocycles. The number of aromatic hydroxyl groups is 1. The molecule has 0 aromatic heterocycles. The summed E-state index contributed by atoms with van der Waals surface area (Å²) in [7, 11) is 0. The van der Waals surface area contributed by atoms with E-state index in [0.717, 1.165) is 60.0 Å². The highest BCUT2D eigenvalue weighted by Crippen LogP contribution is 2.40. The summed E-state index contributed by atoms with van der Waals surface area (Å²) in [6, 6.07) is 10.00. The van der Waals surface area contributed by atoms with Gasteiger partial charge in [0.2, 0.25) is 0 Å². The van der Waals surface area contributed by atoms with Gasteiger partial charge in [-0.2, -0.15) is 13.2 Å². The lowest BCUT2D eigenvalue weighted by molar-refractivity contribution is -0.167. The summed E-state index contributed by atoms with van der Waals surface area (Å²) >= 11 is 0. The topological polar surface area (TPSA) is 58.6 Å². The molecule has 0 bridgehead atoms. The Morgan fingerprint density at radius 2 is 1.74 bits per heavy atom. The minimum absolute atomic E-state index is 0.0883. The van der Waals surface area contributed by atoms with Crippen molar-refractivity contribution in [1.82, 2.24) is 0 Å². The van der Waals surface area contributed by atoms with E-state index in [2.05, 4.69) is 27.7 Å². The highest BCUT2D eigenvalue weighted by atomic mass is 19.4. The van der Waals surface area contributed by atoms with Gasteiger partial charge in [-0.25, -0.2) is 0 Å². The maximum atomic E-state index is 12.4. The van der Waals surface area contributed by atoms with Crippen molar-refractivity contribution in [3.63, 3.8) is 0 Å². The fourth-order valence-electron chi connectivity index (χ4n) is 5.12. The molecule has 2 unspecified atom stereocenters. The fraction of sp³-hybridized carbons (Fsp3) is 0.581. The van der Waals surface area contributed by atoms with Gasteiger partial charge in [0.15, 0.2) is 0 Å². The summed E-state index contributed by atoms with van der Waals surface area (Å²) in [6.45, 7) is 9.09. The second-order valence-electron chi connectivity index (χ2n) is 11.6. The monoisotopic (exact) mass is 533 g/mol. The lowest BCUT2D eigenvalue weighted by Crippen LogP contribution is -2.36. The zero-order valence-electron chi connectivity index (χ0n) is 23.1. The van der Waals surface area contributed by atoms with Crippen LogP contribution in [0.15, 0.2) is 36.4 Å². The summed E-state index contributed by atoms with van der Waals surface area (Å²) < 4.78 is 43.8. The highest BCUT2D eigenvalue weighted by Gasteiger charge is 2.38. The normalized spacial score (nSPS) is 18.1. The van der Waals surface area contributed by atoms with Gasteiger partial charge in [0.1, 0.15) is 17.1 Å². The van der Waals surface area contributed by atoms with Crippen molar-refractivity contribution in [3.05, 3.63) is 53.1 Å². The van der Waals surface area contributed by atoms with E-state index in [1.165, 1.54) is 37.8 Å². The Morgan fingerprint density at radius 1 is 1.05 bits per heavy atom. The highest BCUT2D eigenvalue weighted by molar-refractivity contribution is 5.94. The first kappa shape index (κ1) is 29.9. The molecule has 210 valence electrons. The Balaban J connectivity index is 1.53. The molecule has 1 amide bonds. The Morgan fingerprint density at radius 3 is 2.39 bits per heavy atom. The number of aryl methyl sites for hydroxylation is 3. The molecule has 0 spiro atoms. The van der Waals surface area contributed by atoms with Crippen molar-refractivity contribution in [1.29, 1.82) is 0 Å². The second-order valence-corrected chi connectivity index (χ2v) is 11.6. The molecule has 7 heteroatoms. The van der Waals surface area contributed by atoms with Gasteiger partial charge < -0.3 is 15.2 Å². The van der Waals surface area contributed by atoms with Gasteiger partial charge in [-0.05, 0) is 98.2 Å². The van der Waals surface area contributed by atoms with Crippen LogP contribution in [-0.4, -0.2) is 22.8 Å². The third kappa shape index (κ3) is 8.95. The SMILES string of the molecule is CC(C)CCCC(C)CCCC1(C)CCc2cc(O)c(CCc3ccc(NC(=O)C(F)(F)F)cc3)cc2O1. The minimum atomic E-state index is -4.92. The Hall–Kier alpha value is -2.70. The van der Waals surface area contributed by atoms with Gasteiger partial charge in [-0.15, -0.1) is 0 Å². The minimum Gasteiger partial charge on any atom is -0.508 e. The maximum Gasteiger partial charge on any atom is 0.471 e. The predicted molar refractivity (Wildman–Crippen MR) is 146 cm³/mol. The largest absolute Gasteiger partial charge is 0.508 e. The molecule has 1 aliphatic rings. The number of fused-ring (bicyclic) bond motifs is 1. The van der Waals surface area contributed by atoms with Crippen LogP contribution in [0.25, 0.3) is 0 Å². The Bertz CT molecular complexity index is 1070. The van der Waals surface area contributed by atoms with Crippen LogP contribution in [-0.2, 0) is 24.1 Å². The Labute approximate surface area is 225 Å². The second kappa shape index (κ2) is 12.9. The molecule has 38 heavy (non-hydrogen) atoms. The zero-order valence-corrected chi connectivity index (χ0v) is 23.1. The van der Waals surface area contributed by atoms with E-state index in [4.69, 9.17) is 4.74 Å². The van der Waals surface area contributed by atoms with Crippen molar-refractivity contribution in [2.45, 2.75) is 104 Å². The molecule has 0 saturated carbocycles. The molecule has 4 nitrogen and oxygen atoms in total. The van der Waals surface area contributed by atoms with E-state index in [1.54, 1.807) is 18.2 Å². The quantitative estimate of drug-likeness (QED) is 0.288.